The number of rotatable bonds is 8. The number of fused-ring (bicyclic) bond motifs is 3. The van der Waals surface area contributed by atoms with E-state index in [1.807, 2.05) is 18.2 Å². The van der Waals surface area contributed by atoms with Crippen LogP contribution < -0.4 is 5.73 Å². The molecule has 0 aliphatic heterocycles. The van der Waals surface area contributed by atoms with Crippen molar-refractivity contribution in [3.05, 3.63) is 77.4 Å². The van der Waals surface area contributed by atoms with Crippen LogP contribution in [0, 0.1) is 0 Å². The van der Waals surface area contributed by atoms with Crippen molar-refractivity contribution >= 4 is 37.6 Å². The highest BCUT2D eigenvalue weighted by atomic mass is 32.2. The first-order valence-electron chi connectivity index (χ1n) is 10.9. The molecule has 0 unspecified atom stereocenters. The monoisotopic (exact) mass is 448 g/mol. The number of aromatic nitrogens is 1. The van der Waals surface area contributed by atoms with Gasteiger partial charge in [0.05, 0.1) is 10.4 Å². The number of sulfone groups is 1. The zero-order valence-corrected chi connectivity index (χ0v) is 19.3. The molecule has 1 aromatic heterocycles. The van der Waals surface area contributed by atoms with Gasteiger partial charge in [-0.3, -0.25) is 4.79 Å². The molecule has 0 aliphatic carbocycles. The third kappa shape index (κ3) is 4.28. The smallest absolute Gasteiger partial charge is 0.249 e. The second-order valence-corrected chi connectivity index (χ2v) is 10.4. The van der Waals surface area contributed by atoms with Gasteiger partial charge in [-0.15, -0.1) is 0 Å². The lowest BCUT2D eigenvalue weighted by atomic mass is 10.0. The summed E-state index contributed by atoms with van der Waals surface area (Å²) >= 11 is 0. The summed E-state index contributed by atoms with van der Waals surface area (Å²) in [6.07, 6.45) is 5.70. The van der Waals surface area contributed by atoms with Gasteiger partial charge in [0.15, 0.2) is 9.84 Å². The molecule has 6 heteroatoms. The Bertz CT molecular complexity index is 1420. The van der Waals surface area contributed by atoms with Gasteiger partial charge < -0.3 is 10.3 Å². The molecule has 0 spiro atoms. The molecular formula is C26H28N2O3S. The van der Waals surface area contributed by atoms with E-state index in [1.165, 1.54) is 24.7 Å². The van der Waals surface area contributed by atoms with Gasteiger partial charge in [-0.25, -0.2) is 8.42 Å². The molecule has 0 atom stereocenters. The Morgan fingerprint density at radius 3 is 2.44 bits per heavy atom. The summed E-state index contributed by atoms with van der Waals surface area (Å²) in [5.74, 6) is -0.458. The number of primary amides is 1. The summed E-state index contributed by atoms with van der Waals surface area (Å²) < 4.78 is 26.2. The van der Waals surface area contributed by atoms with Crippen LogP contribution in [-0.4, -0.2) is 25.1 Å². The molecule has 1 heterocycles. The lowest BCUT2D eigenvalue weighted by Gasteiger charge is -2.10. The molecule has 4 aromatic rings. The van der Waals surface area contributed by atoms with Gasteiger partial charge in [0, 0.05) is 34.7 Å². The maximum Gasteiger partial charge on any atom is 0.249 e. The van der Waals surface area contributed by atoms with Crippen molar-refractivity contribution in [3.8, 4) is 0 Å². The van der Waals surface area contributed by atoms with Crippen molar-refractivity contribution in [3.63, 3.8) is 0 Å². The van der Waals surface area contributed by atoms with Gasteiger partial charge in [-0.2, -0.15) is 0 Å². The number of hydrogen-bond donors (Lipinski definition) is 1. The second-order valence-electron chi connectivity index (χ2n) is 8.38. The number of benzene rings is 3. The maximum absolute atomic E-state index is 12.2. The van der Waals surface area contributed by atoms with E-state index in [9.17, 15) is 13.2 Å². The van der Waals surface area contributed by atoms with Crippen molar-refractivity contribution in [2.75, 3.05) is 6.26 Å². The van der Waals surface area contributed by atoms with E-state index in [0.717, 1.165) is 40.2 Å². The van der Waals surface area contributed by atoms with Crippen molar-refractivity contribution in [2.24, 2.45) is 5.73 Å². The average Bonchev–Trinajstić information content (AvgIpc) is 3.06. The second kappa shape index (κ2) is 8.79. The largest absolute Gasteiger partial charge is 0.366 e. The lowest BCUT2D eigenvalue weighted by molar-refractivity contribution is 0.100. The summed E-state index contributed by atoms with van der Waals surface area (Å²) in [6.45, 7) is 2.68. The van der Waals surface area contributed by atoms with Crippen LogP contribution in [0.2, 0.25) is 0 Å². The van der Waals surface area contributed by atoms with Crippen LogP contribution in [0.5, 0.6) is 0 Å². The number of amides is 1. The van der Waals surface area contributed by atoms with E-state index in [0.29, 0.717) is 17.0 Å². The first-order valence-corrected chi connectivity index (χ1v) is 12.8. The van der Waals surface area contributed by atoms with Crippen molar-refractivity contribution in [1.82, 2.24) is 4.57 Å². The quantitative estimate of drug-likeness (QED) is 0.382. The molecule has 5 nitrogen and oxygen atoms in total. The molecule has 4 rings (SSSR count). The van der Waals surface area contributed by atoms with E-state index >= 15 is 0 Å². The molecule has 166 valence electrons. The molecule has 3 aromatic carbocycles. The molecule has 0 saturated heterocycles. The fourth-order valence-corrected chi connectivity index (χ4v) is 5.05. The van der Waals surface area contributed by atoms with E-state index in [4.69, 9.17) is 5.73 Å². The van der Waals surface area contributed by atoms with E-state index in [1.54, 1.807) is 24.3 Å². The molecule has 1 amide bonds. The topological polar surface area (TPSA) is 82.2 Å². The van der Waals surface area contributed by atoms with E-state index in [-0.39, 0.29) is 0 Å². The standard InChI is InChI=1S/C26H28N2O3S/c1-3-4-5-8-18-13-14-21-24(16-18)28(23-12-7-11-22(25(21)23)26(27)29)17-19-9-6-10-20(15-19)32(2,30)31/h6-7,9-16H,3-5,8,17H2,1-2H3,(H2,27,29). The van der Waals surface area contributed by atoms with Crippen LogP contribution in [0.1, 0.15) is 47.7 Å². The Hall–Kier alpha value is -3.12. The fraction of sp³-hybridized carbons (Fsp3) is 0.269. The van der Waals surface area contributed by atoms with Crippen molar-refractivity contribution < 1.29 is 13.2 Å². The summed E-state index contributed by atoms with van der Waals surface area (Å²) in [4.78, 5) is 12.5. The Morgan fingerprint density at radius 1 is 0.938 bits per heavy atom. The predicted octanol–water partition coefficient (Wildman–Crippen LogP) is 5.08. The Morgan fingerprint density at radius 2 is 1.72 bits per heavy atom. The predicted molar refractivity (Wildman–Crippen MR) is 130 cm³/mol. The molecule has 0 radical (unpaired) electrons. The molecule has 0 bridgehead atoms. The minimum Gasteiger partial charge on any atom is -0.366 e. The minimum absolute atomic E-state index is 0.300. The first kappa shape index (κ1) is 22.1. The fourth-order valence-electron chi connectivity index (χ4n) is 4.36. The average molecular weight is 449 g/mol. The van der Waals surface area contributed by atoms with E-state index in [2.05, 4.69) is 29.7 Å². The highest BCUT2D eigenvalue weighted by Gasteiger charge is 2.17. The molecule has 32 heavy (non-hydrogen) atoms. The van der Waals surface area contributed by atoms with Crippen LogP contribution in [0.3, 0.4) is 0 Å². The Kier molecular flexibility index (Phi) is 6.07. The van der Waals surface area contributed by atoms with Crippen LogP contribution in [0.4, 0.5) is 0 Å². The highest BCUT2D eigenvalue weighted by molar-refractivity contribution is 7.90. The number of carbonyl (C=O) groups excluding carboxylic acids is 1. The Balaban J connectivity index is 1.91. The summed E-state index contributed by atoms with van der Waals surface area (Å²) in [6, 6.07) is 19.0. The SMILES string of the molecule is CCCCCc1ccc2c3c(C(N)=O)cccc3n(Cc3cccc(S(C)(=O)=O)c3)c2c1. The first-order chi connectivity index (χ1) is 15.3. The van der Waals surface area contributed by atoms with Crippen LogP contribution in [-0.2, 0) is 22.8 Å². The normalized spacial score (nSPS) is 11.9. The van der Waals surface area contributed by atoms with Gasteiger partial charge in [-0.05, 0) is 54.3 Å². The number of hydrogen-bond acceptors (Lipinski definition) is 3. The summed E-state index contributed by atoms with van der Waals surface area (Å²) in [7, 11) is -3.30. The van der Waals surface area contributed by atoms with Crippen molar-refractivity contribution in [1.29, 1.82) is 0 Å². The zero-order valence-electron chi connectivity index (χ0n) is 18.5. The molecule has 0 saturated carbocycles. The summed E-state index contributed by atoms with van der Waals surface area (Å²) in [5.41, 5.74) is 10.3. The molecule has 0 aliphatic rings. The van der Waals surface area contributed by atoms with Gasteiger partial charge in [0.2, 0.25) is 5.91 Å². The highest BCUT2D eigenvalue weighted by Crippen LogP contribution is 2.33. The zero-order chi connectivity index (χ0) is 22.9. The molecular weight excluding hydrogens is 420 g/mol. The van der Waals surface area contributed by atoms with Crippen molar-refractivity contribution in [2.45, 2.75) is 44.0 Å². The number of nitrogens with zero attached hydrogens (tertiary/aromatic N) is 1. The molecule has 2 N–H and O–H groups in total. The van der Waals surface area contributed by atoms with Crippen LogP contribution >= 0.6 is 0 Å². The number of carbonyl (C=O) groups is 1. The molecule has 0 fully saturated rings. The summed E-state index contributed by atoms with van der Waals surface area (Å²) in [5, 5.41) is 1.82. The van der Waals surface area contributed by atoms with Crippen LogP contribution in [0.15, 0.2) is 65.6 Å². The maximum atomic E-state index is 12.2. The van der Waals surface area contributed by atoms with Gasteiger partial charge in [0.1, 0.15) is 0 Å². The van der Waals surface area contributed by atoms with Gasteiger partial charge >= 0.3 is 0 Å². The van der Waals surface area contributed by atoms with Crippen LogP contribution in [0.25, 0.3) is 21.8 Å². The lowest BCUT2D eigenvalue weighted by Crippen LogP contribution is -2.11. The van der Waals surface area contributed by atoms with E-state index < -0.39 is 15.7 Å². The third-order valence-corrected chi connectivity index (χ3v) is 7.07. The minimum atomic E-state index is -3.30. The third-order valence-electron chi connectivity index (χ3n) is 5.96. The number of nitrogens with two attached hydrogens (primary N) is 1. The van der Waals surface area contributed by atoms with Gasteiger partial charge in [-0.1, -0.05) is 50.1 Å². The van der Waals surface area contributed by atoms with Gasteiger partial charge in [0.25, 0.3) is 0 Å². The number of aryl methyl sites for hydroxylation is 1. The number of unbranched alkanes of at least 4 members (excludes halogenated alkanes) is 2. The Labute approximate surface area is 188 Å².